The van der Waals surface area contributed by atoms with E-state index in [1.54, 1.807) is 27.5 Å². The number of aromatic hydroxyl groups is 1. The molecule has 0 atom stereocenters. The minimum atomic E-state index is -0.652. The molecule has 1 N–H and O–H groups in total. The maximum Gasteiger partial charge on any atom is 0.294 e. The van der Waals surface area contributed by atoms with E-state index in [2.05, 4.69) is 0 Å². The number of amides is 3. The Morgan fingerprint density at radius 2 is 1.96 bits per heavy atom. The van der Waals surface area contributed by atoms with Gasteiger partial charge in [-0.05, 0) is 59.7 Å². The van der Waals surface area contributed by atoms with Gasteiger partial charge in [0.05, 0.1) is 13.4 Å². The summed E-state index contributed by atoms with van der Waals surface area (Å²) in [5.74, 6) is -1.15. The van der Waals surface area contributed by atoms with Gasteiger partial charge in [0.1, 0.15) is 12.3 Å². The number of phenolic OH excluding ortho intramolecular Hbond substituents is 1. The van der Waals surface area contributed by atoms with Crippen molar-refractivity contribution < 1.29 is 24.4 Å². The first-order valence-corrected chi connectivity index (χ1v) is 10.4. The summed E-state index contributed by atoms with van der Waals surface area (Å²) in [5.41, 5.74) is -0.181. The van der Waals surface area contributed by atoms with E-state index in [4.69, 9.17) is 0 Å². The highest BCUT2D eigenvalue weighted by molar-refractivity contribution is 14.1. The van der Waals surface area contributed by atoms with Crippen LogP contribution in [0.25, 0.3) is 6.08 Å². The van der Waals surface area contributed by atoms with Crippen LogP contribution in [0.2, 0.25) is 0 Å². The molecule has 0 unspecified atom stereocenters. The average Bonchev–Trinajstić information content (AvgIpc) is 2.93. The van der Waals surface area contributed by atoms with Crippen LogP contribution in [0.4, 0.5) is 10.5 Å². The summed E-state index contributed by atoms with van der Waals surface area (Å²) >= 11 is 2.39. The number of rotatable bonds is 4. The van der Waals surface area contributed by atoms with Gasteiger partial charge in [-0.2, -0.15) is 0 Å². The third-order valence-corrected chi connectivity index (χ3v) is 6.18. The second-order valence-electron chi connectivity index (χ2n) is 6.33. The number of non-ortho nitro benzene ring substituents is 1. The minimum Gasteiger partial charge on any atom is -0.506 e. The third-order valence-electron chi connectivity index (χ3n) is 4.45. The molecule has 2 fully saturated rings. The van der Waals surface area contributed by atoms with Crippen molar-refractivity contribution in [2.24, 2.45) is 0 Å². The molecular weight excluding hydrogens is 501 g/mol. The summed E-state index contributed by atoms with van der Waals surface area (Å²) in [7, 11) is 0. The number of likely N-dealkylation sites (tertiary alicyclic amines) is 1. The molecule has 1 aromatic carbocycles. The molecule has 0 aliphatic carbocycles. The molecule has 2 aliphatic rings. The third kappa shape index (κ3) is 4.29. The van der Waals surface area contributed by atoms with Gasteiger partial charge in [-0.1, -0.05) is 0 Å². The molecule has 0 radical (unpaired) electrons. The predicted octanol–water partition coefficient (Wildman–Crippen LogP) is 2.95. The first-order valence-electron chi connectivity index (χ1n) is 8.48. The largest absolute Gasteiger partial charge is 0.506 e. The standard InChI is InChI=1S/C17H16IN3O6S/c18-12-8-11(21(26)27)6-10(15(12)23)7-13-16(24)20(17(25)28-13)9-14(22)19-4-2-1-3-5-19/h6-8,23H,1-5,9H2/b13-7-. The van der Waals surface area contributed by atoms with E-state index < -0.39 is 16.1 Å². The number of piperidine rings is 1. The van der Waals surface area contributed by atoms with Gasteiger partial charge in [-0.25, -0.2) is 0 Å². The van der Waals surface area contributed by atoms with Crippen molar-refractivity contribution in [2.45, 2.75) is 19.3 Å². The van der Waals surface area contributed by atoms with Gasteiger partial charge < -0.3 is 10.0 Å². The van der Waals surface area contributed by atoms with Crippen LogP contribution in [0.15, 0.2) is 17.0 Å². The fourth-order valence-electron chi connectivity index (χ4n) is 2.98. The number of benzene rings is 1. The molecule has 1 aromatic rings. The second kappa shape index (κ2) is 8.47. The first-order chi connectivity index (χ1) is 13.3. The van der Waals surface area contributed by atoms with E-state index in [9.17, 15) is 29.6 Å². The summed E-state index contributed by atoms with van der Waals surface area (Å²) in [6, 6.07) is 2.33. The lowest BCUT2D eigenvalue weighted by Gasteiger charge is -2.27. The number of carbonyl (C=O) groups is 3. The van der Waals surface area contributed by atoms with Gasteiger partial charge in [0.2, 0.25) is 5.91 Å². The quantitative estimate of drug-likeness (QED) is 0.282. The molecule has 3 amide bonds. The van der Waals surface area contributed by atoms with Gasteiger partial charge in [0, 0.05) is 30.8 Å². The van der Waals surface area contributed by atoms with Crippen LogP contribution in [0.3, 0.4) is 0 Å². The predicted molar refractivity (Wildman–Crippen MR) is 111 cm³/mol. The number of hydrogen-bond acceptors (Lipinski definition) is 7. The van der Waals surface area contributed by atoms with Crippen molar-refractivity contribution in [3.05, 3.63) is 36.3 Å². The van der Waals surface area contributed by atoms with Gasteiger partial charge in [0.25, 0.3) is 16.8 Å². The zero-order chi connectivity index (χ0) is 20.4. The molecular formula is C17H16IN3O6S. The Balaban J connectivity index is 1.81. The molecule has 28 heavy (non-hydrogen) atoms. The number of nitro groups is 1. The first kappa shape index (κ1) is 20.6. The van der Waals surface area contributed by atoms with Gasteiger partial charge in [-0.3, -0.25) is 29.4 Å². The second-order valence-corrected chi connectivity index (χ2v) is 8.49. The highest BCUT2D eigenvalue weighted by atomic mass is 127. The Morgan fingerprint density at radius 3 is 2.61 bits per heavy atom. The zero-order valence-electron chi connectivity index (χ0n) is 14.6. The Hall–Kier alpha value is -2.15. The summed E-state index contributed by atoms with van der Waals surface area (Å²) < 4.78 is 0.248. The van der Waals surface area contributed by atoms with Crippen molar-refractivity contribution in [3.63, 3.8) is 0 Å². The lowest BCUT2D eigenvalue weighted by molar-refractivity contribution is -0.385. The number of imide groups is 1. The van der Waals surface area contributed by atoms with E-state index in [1.165, 1.54) is 12.1 Å². The summed E-state index contributed by atoms with van der Waals surface area (Å²) in [4.78, 5) is 50.1. The molecule has 9 nitrogen and oxygen atoms in total. The van der Waals surface area contributed by atoms with E-state index in [0.717, 1.165) is 30.2 Å². The molecule has 11 heteroatoms. The van der Waals surface area contributed by atoms with Gasteiger partial charge in [0.15, 0.2) is 0 Å². The Bertz CT molecular complexity index is 897. The molecule has 0 aromatic heterocycles. The van der Waals surface area contributed by atoms with E-state index >= 15 is 0 Å². The number of halogens is 1. The van der Waals surface area contributed by atoms with Crippen molar-refractivity contribution in [1.82, 2.24) is 9.80 Å². The van der Waals surface area contributed by atoms with Crippen LogP contribution >= 0.6 is 34.4 Å². The van der Waals surface area contributed by atoms with E-state index in [1.807, 2.05) is 0 Å². The summed E-state index contributed by atoms with van der Waals surface area (Å²) in [6.07, 6.45) is 4.09. The number of thioether (sulfide) groups is 1. The van der Waals surface area contributed by atoms with Crippen LogP contribution in [0.5, 0.6) is 5.75 Å². The Morgan fingerprint density at radius 1 is 1.29 bits per heavy atom. The van der Waals surface area contributed by atoms with Crippen molar-refractivity contribution in [3.8, 4) is 5.75 Å². The molecule has 0 bridgehead atoms. The topological polar surface area (TPSA) is 121 Å². The molecule has 2 saturated heterocycles. The number of nitrogens with zero attached hydrogens (tertiary/aromatic N) is 3. The zero-order valence-corrected chi connectivity index (χ0v) is 17.6. The lowest BCUT2D eigenvalue weighted by Crippen LogP contribution is -2.44. The minimum absolute atomic E-state index is 0.00282. The number of carbonyl (C=O) groups excluding carboxylic acids is 3. The van der Waals surface area contributed by atoms with Crippen molar-refractivity contribution in [1.29, 1.82) is 0 Å². The van der Waals surface area contributed by atoms with Crippen molar-refractivity contribution in [2.75, 3.05) is 19.6 Å². The maximum atomic E-state index is 12.6. The van der Waals surface area contributed by atoms with Crippen LogP contribution in [0, 0.1) is 13.7 Å². The molecule has 2 aliphatic heterocycles. The SMILES string of the molecule is O=C(CN1C(=O)S/C(=C\c2cc([N+](=O)[O-])cc(I)c2O)C1=O)N1CCCCC1. The van der Waals surface area contributed by atoms with Gasteiger partial charge >= 0.3 is 0 Å². The van der Waals surface area contributed by atoms with Crippen molar-refractivity contribution >= 4 is 63.2 Å². The van der Waals surface area contributed by atoms with E-state index in [-0.39, 0.29) is 37.9 Å². The highest BCUT2D eigenvalue weighted by Gasteiger charge is 2.37. The van der Waals surface area contributed by atoms with Crippen LogP contribution < -0.4 is 0 Å². The Kier molecular flexibility index (Phi) is 6.23. The molecule has 148 valence electrons. The fraction of sp³-hybridized carbons (Fsp3) is 0.353. The normalized spacial score (nSPS) is 18.8. The molecule has 2 heterocycles. The summed E-state index contributed by atoms with van der Waals surface area (Å²) in [6.45, 7) is 0.899. The molecule has 0 saturated carbocycles. The maximum absolute atomic E-state index is 12.6. The van der Waals surface area contributed by atoms with Crippen LogP contribution in [-0.4, -0.2) is 56.5 Å². The lowest BCUT2D eigenvalue weighted by atomic mass is 10.1. The monoisotopic (exact) mass is 517 g/mol. The van der Waals surface area contributed by atoms with Crippen LogP contribution in [0.1, 0.15) is 24.8 Å². The fourth-order valence-corrected chi connectivity index (χ4v) is 4.44. The average molecular weight is 517 g/mol. The summed E-state index contributed by atoms with van der Waals surface area (Å²) in [5, 5.41) is 20.6. The van der Waals surface area contributed by atoms with Gasteiger partial charge in [-0.15, -0.1) is 0 Å². The number of hydrogen-bond donors (Lipinski definition) is 1. The highest BCUT2D eigenvalue weighted by Crippen LogP contribution is 2.36. The number of phenols is 1. The van der Waals surface area contributed by atoms with E-state index in [0.29, 0.717) is 24.9 Å². The smallest absolute Gasteiger partial charge is 0.294 e. The number of nitro benzene ring substituents is 1. The molecule has 3 rings (SSSR count). The molecule has 0 spiro atoms. The Labute approximate surface area is 178 Å². The van der Waals surface area contributed by atoms with Crippen LogP contribution in [-0.2, 0) is 9.59 Å².